The molecule has 1 nitrogen and oxygen atoms in total. The maximum Gasteiger partial charge on any atom is 0.201 e. The molecular formula is C21H24F2O. The maximum atomic E-state index is 14.3. The van der Waals surface area contributed by atoms with E-state index in [1.54, 1.807) is 19.1 Å². The molecule has 0 N–H and O–H groups in total. The summed E-state index contributed by atoms with van der Waals surface area (Å²) in [7, 11) is 0. The summed E-state index contributed by atoms with van der Waals surface area (Å²) in [5.41, 5.74) is 2.14. The number of benzene rings is 2. The summed E-state index contributed by atoms with van der Waals surface area (Å²) in [5.74, 6) is -1.95. The van der Waals surface area contributed by atoms with E-state index in [9.17, 15) is 8.78 Å². The number of hydrogen-bond donors (Lipinski definition) is 0. The average molecular weight is 330 g/mol. The lowest BCUT2D eigenvalue weighted by atomic mass is 10.0. The van der Waals surface area contributed by atoms with E-state index >= 15 is 0 Å². The van der Waals surface area contributed by atoms with Crippen LogP contribution in [-0.4, -0.2) is 0 Å². The van der Waals surface area contributed by atoms with Gasteiger partial charge in [-0.1, -0.05) is 56.5 Å². The van der Waals surface area contributed by atoms with Crippen LogP contribution in [0.15, 0.2) is 48.7 Å². The molecule has 0 amide bonds. The number of aryl methyl sites for hydroxylation is 1. The Morgan fingerprint density at radius 2 is 1.67 bits per heavy atom. The van der Waals surface area contributed by atoms with E-state index in [4.69, 9.17) is 4.74 Å². The Morgan fingerprint density at radius 3 is 2.33 bits per heavy atom. The first-order valence-electron chi connectivity index (χ1n) is 8.52. The lowest BCUT2D eigenvalue weighted by Gasteiger charge is -2.09. The highest BCUT2D eigenvalue weighted by Gasteiger charge is 2.15. The lowest BCUT2D eigenvalue weighted by Crippen LogP contribution is -1.95. The Balaban J connectivity index is 2.12. The molecule has 0 aliphatic heterocycles. The molecule has 0 spiro atoms. The highest BCUT2D eigenvalue weighted by atomic mass is 19.2. The predicted molar refractivity (Wildman–Crippen MR) is 95.1 cm³/mol. The minimum absolute atomic E-state index is 0.109. The Morgan fingerprint density at radius 1 is 0.917 bits per heavy atom. The summed E-state index contributed by atoms with van der Waals surface area (Å²) < 4.78 is 33.4. The van der Waals surface area contributed by atoms with Crippen molar-refractivity contribution in [2.24, 2.45) is 0 Å². The summed E-state index contributed by atoms with van der Waals surface area (Å²) in [5, 5.41) is 0. The molecule has 0 aromatic heterocycles. The van der Waals surface area contributed by atoms with E-state index < -0.39 is 11.6 Å². The second-order valence-corrected chi connectivity index (χ2v) is 5.83. The summed E-state index contributed by atoms with van der Waals surface area (Å²) in [6.07, 6.45) is 8.82. The zero-order chi connectivity index (χ0) is 17.4. The highest BCUT2D eigenvalue weighted by molar-refractivity contribution is 5.65. The van der Waals surface area contributed by atoms with E-state index in [1.807, 2.05) is 24.3 Å². The van der Waals surface area contributed by atoms with E-state index in [1.165, 1.54) is 37.2 Å². The quantitative estimate of drug-likeness (QED) is 0.388. The van der Waals surface area contributed by atoms with Crippen LogP contribution in [0.5, 0.6) is 5.75 Å². The van der Waals surface area contributed by atoms with Gasteiger partial charge in [0.15, 0.2) is 11.6 Å². The van der Waals surface area contributed by atoms with Crippen molar-refractivity contribution in [2.45, 2.75) is 46.0 Å². The molecule has 0 heterocycles. The first-order chi connectivity index (χ1) is 11.7. The van der Waals surface area contributed by atoms with Gasteiger partial charge < -0.3 is 4.74 Å². The minimum Gasteiger partial charge on any atom is -0.462 e. The number of ether oxygens (including phenoxy) is 1. The third-order valence-corrected chi connectivity index (χ3v) is 3.96. The van der Waals surface area contributed by atoms with E-state index in [0.29, 0.717) is 5.56 Å². The van der Waals surface area contributed by atoms with Crippen LogP contribution in [-0.2, 0) is 6.42 Å². The SMILES string of the molecule is C/C=C/Oc1ccc(-c2ccc(CCCCCC)cc2)c(F)c1F. The van der Waals surface area contributed by atoms with Gasteiger partial charge in [0.25, 0.3) is 0 Å². The van der Waals surface area contributed by atoms with Gasteiger partial charge >= 0.3 is 0 Å². The average Bonchev–Trinajstić information content (AvgIpc) is 2.61. The molecule has 0 atom stereocenters. The van der Waals surface area contributed by atoms with Crippen molar-refractivity contribution in [3.63, 3.8) is 0 Å². The Labute approximate surface area is 143 Å². The third-order valence-electron chi connectivity index (χ3n) is 3.96. The van der Waals surface area contributed by atoms with Gasteiger partial charge in [-0.2, -0.15) is 4.39 Å². The molecule has 0 aliphatic rings. The van der Waals surface area contributed by atoms with E-state index in [2.05, 4.69) is 6.92 Å². The predicted octanol–water partition coefficient (Wildman–Crippen LogP) is 6.67. The molecule has 128 valence electrons. The molecule has 0 aliphatic carbocycles. The number of allylic oxidation sites excluding steroid dienone is 1. The minimum atomic E-state index is -0.964. The van der Waals surface area contributed by atoms with Crippen LogP contribution in [0.2, 0.25) is 0 Å². The van der Waals surface area contributed by atoms with Crippen LogP contribution < -0.4 is 4.74 Å². The zero-order valence-electron chi connectivity index (χ0n) is 14.3. The largest absolute Gasteiger partial charge is 0.462 e. The van der Waals surface area contributed by atoms with Crippen LogP contribution in [0.1, 0.15) is 45.1 Å². The Kier molecular flexibility index (Phi) is 6.98. The van der Waals surface area contributed by atoms with Gasteiger partial charge in [0.1, 0.15) is 0 Å². The van der Waals surface area contributed by atoms with Gasteiger partial charge in [-0.25, -0.2) is 4.39 Å². The molecule has 2 rings (SSSR count). The normalized spacial score (nSPS) is 11.2. The smallest absolute Gasteiger partial charge is 0.201 e. The van der Waals surface area contributed by atoms with Gasteiger partial charge in [0.05, 0.1) is 6.26 Å². The summed E-state index contributed by atoms with van der Waals surface area (Å²) in [4.78, 5) is 0. The van der Waals surface area contributed by atoms with E-state index in [0.717, 1.165) is 12.8 Å². The molecule has 0 saturated carbocycles. The van der Waals surface area contributed by atoms with Crippen LogP contribution in [0.3, 0.4) is 0 Å². The van der Waals surface area contributed by atoms with Crippen molar-refractivity contribution in [3.8, 4) is 16.9 Å². The fraction of sp³-hybridized carbons (Fsp3) is 0.333. The highest BCUT2D eigenvalue weighted by Crippen LogP contribution is 2.30. The second-order valence-electron chi connectivity index (χ2n) is 5.83. The Bertz CT molecular complexity index is 675. The first-order valence-corrected chi connectivity index (χ1v) is 8.52. The molecular weight excluding hydrogens is 306 g/mol. The molecule has 0 saturated heterocycles. The summed E-state index contributed by atoms with van der Waals surface area (Å²) >= 11 is 0. The van der Waals surface area contributed by atoms with Crippen molar-refractivity contribution in [1.29, 1.82) is 0 Å². The molecule has 0 fully saturated rings. The van der Waals surface area contributed by atoms with Crippen LogP contribution >= 0.6 is 0 Å². The van der Waals surface area contributed by atoms with Crippen molar-refractivity contribution >= 4 is 0 Å². The van der Waals surface area contributed by atoms with Crippen molar-refractivity contribution in [1.82, 2.24) is 0 Å². The van der Waals surface area contributed by atoms with Crippen molar-refractivity contribution < 1.29 is 13.5 Å². The maximum absolute atomic E-state index is 14.3. The van der Waals surface area contributed by atoms with Crippen molar-refractivity contribution in [2.75, 3.05) is 0 Å². The van der Waals surface area contributed by atoms with Gasteiger partial charge in [0, 0.05) is 5.56 Å². The Hall–Kier alpha value is -2.16. The van der Waals surface area contributed by atoms with Crippen molar-refractivity contribution in [3.05, 3.63) is 65.9 Å². The lowest BCUT2D eigenvalue weighted by molar-refractivity contribution is 0.415. The molecule has 0 unspecified atom stereocenters. The molecule has 2 aromatic carbocycles. The number of hydrogen-bond acceptors (Lipinski definition) is 1. The first kappa shape index (κ1) is 18.2. The topological polar surface area (TPSA) is 9.23 Å². The third kappa shape index (κ3) is 4.67. The molecule has 0 radical (unpaired) electrons. The van der Waals surface area contributed by atoms with Gasteiger partial charge in [-0.15, -0.1) is 0 Å². The monoisotopic (exact) mass is 330 g/mol. The summed E-state index contributed by atoms with van der Waals surface area (Å²) in [6, 6.07) is 10.7. The number of halogens is 2. The number of rotatable bonds is 8. The fourth-order valence-electron chi connectivity index (χ4n) is 2.59. The van der Waals surface area contributed by atoms with Crippen LogP contribution in [0.4, 0.5) is 8.78 Å². The summed E-state index contributed by atoms with van der Waals surface area (Å²) in [6.45, 7) is 3.93. The zero-order valence-corrected chi connectivity index (χ0v) is 14.3. The van der Waals surface area contributed by atoms with Crippen LogP contribution in [0, 0.1) is 11.6 Å². The van der Waals surface area contributed by atoms with Crippen LogP contribution in [0.25, 0.3) is 11.1 Å². The molecule has 24 heavy (non-hydrogen) atoms. The van der Waals surface area contributed by atoms with Gasteiger partial charge in [-0.05, 0) is 43.0 Å². The van der Waals surface area contributed by atoms with E-state index in [-0.39, 0.29) is 11.3 Å². The van der Waals surface area contributed by atoms with Gasteiger partial charge in [-0.3, -0.25) is 0 Å². The number of unbranched alkanes of at least 4 members (excludes halogenated alkanes) is 3. The standard InChI is InChI=1S/C21H24F2O/c1-3-5-6-7-8-16-9-11-17(12-10-16)18-13-14-19(24-15-4-2)21(23)20(18)22/h4,9-15H,3,5-8H2,1-2H3/b15-4+. The van der Waals surface area contributed by atoms with Gasteiger partial charge in [0.2, 0.25) is 5.82 Å². The molecule has 2 aromatic rings. The molecule has 0 bridgehead atoms. The second kappa shape index (κ2) is 9.21. The fourth-order valence-corrected chi connectivity index (χ4v) is 2.59. The molecule has 3 heteroatoms.